The molecule has 5 unspecified atom stereocenters. The molecule has 0 saturated heterocycles. The molecule has 0 aliphatic heterocycles. The van der Waals surface area contributed by atoms with Gasteiger partial charge in [-0.1, -0.05) is 193 Å². The van der Waals surface area contributed by atoms with Crippen LogP contribution in [-0.4, -0.2) is 12.1 Å². The van der Waals surface area contributed by atoms with Crippen LogP contribution in [0.15, 0.2) is 170 Å². The van der Waals surface area contributed by atoms with Gasteiger partial charge in [0.15, 0.2) is 0 Å². The Morgan fingerprint density at radius 2 is 0.946 bits per heavy atom. The van der Waals surface area contributed by atoms with Gasteiger partial charge in [0, 0.05) is 23.5 Å². The minimum atomic E-state index is 0.182. The van der Waals surface area contributed by atoms with E-state index in [0.717, 1.165) is 75.6 Å². The highest BCUT2D eigenvalue weighted by molar-refractivity contribution is 5.22. The first-order valence-corrected chi connectivity index (χ1v) is 21.4. The lowest BCUT2D eigenvalue weighted by atomic mass is 9.74. The van der Waals surface area contributed by atoms with Gasteiger partial charge in [0.05, 0.1) is 0 Å². The third-order valence-electron chi connectivity index (χ3n) is 11.5. The van der Waals surface area contributed by atoms with Crippen LogP contribution >= 0.6 is 0 Å². The van der Waals surface area contributed by atoms with Crippen molar-refractivity contribution in [2.75, 3.05) is 0 Å². The summed E-state index contributed by atoms with van der Waals surface area (Å²) in [5.41, 5.74) is 10.3. The van der Waals surface area contributed by atoms with Gasteiger partial charge in [-0.05, 0) is 116 Å². The van der Waals surface area contributed by atoms with Crippen molar-refractivity contribution in [3.05, 3.63) is 192 Å². The molecule has 0 bridgehead atoms. The molecule has 0 saturated carbocycles. The van der Waals surface area contributed by atoms with Crippen molar-refractivity contribution in [1.82, 2.24) is 10.6 Å². The first kappa shape index (κ1) is 44.2. The highest BCUT2D eigenvalue weighted by atomic mass is 14.9. The summed E-state index contributed by atoms with van der Waals surface area (Å²) in [6.45, 7) is 30.3. The molecule has 0 fully saturated rings. The Balaban J connectivity index is 1.50. The molecule has 0 amide bonds. The molecule has 0 spiro atoms. The average molecular weight is 749 g/mol. The van der Waals surface area contributed by atoms with Gasteiger partial charge in [-0.15, -0.1) is 0 Å². The fourth-order valence-electron chi connectivity index (χ4n) is 8.30. The summed E-state index contributed by atoms with van der Waals surface area (Å²) in [5, 5.41) is 7.70. The van der Waals surface area contributed by atoms with Gasteiger partial charge in [0.1, 0.15) is 0 Å². The quantitative estimate of drug-likeness (QED) is 0.0625. The second-order valence-electron chi connectivity index (χ2n) is 17.3. The van der Waals surface area contributed by atoms with Gasteiger partial charge >= 0.3 is 0 Å². The molecule has 2 heteroatoms. The first-order valence-electron chi connectivity index (χ1n) is 21.4. The molecule has 5 atom stereocenters. The number of rotatable bonds is 26. The van der Waals surface area contributed by atoms with Crippen molar-refractivity contribution >= 4 is 0 Å². The van der Waals surface area contributed by atoms with Gasteiger partial charge in [-0.2, -0.15) is 0 Å². The summed E-state index contributed by atoms with van der Waals surface area (Å²) in [4.78, 5) is 0. The van der Waals surface area contributed by atoms with Crippen molar-refractivity contribution in [3.8, 4) is 0 Å². The Morgan fingerprint density at radius 1 is 0.500 bits per heavy atom. The minimum Gasteiger partial charge on any atom is -0.382 e. The standard InChI is InChI=1S/C54H72N2/c1-40(2)34-53(55-45(8)30-32-47-22-14-10-15-23-47)43(6)36-51(38-49-26-18-12-19-27-49)35-42(5)52(39-50-28-20-13-21-29-50)37-44(7)54(41(3)4)56-46(9)31-33-48-24-16-11-17-25-48/h10-29,40-42,51-56H,6-9,30-39H2,1-5H3. The third-order valence-corrected chi connectivity index (χ3v) is 11.5. The van der Waals surface area contributed by atoms with Crippen LogP contribution < -0.4 is 10.6 Å². The van der Waals surface area contributed by atoms with E-state index >= 15 is 0 Å². The molecule has 0 aliphatic carbocycles. The smallest absolute Gasteiger partial charge is 0.0490 e. The third kappa shape index (κ3) is 15.9. The van der Waals surface area contributed by atoms with Crippen molar-refractivity contribution in [3.63, 3.8) is 0 Å². The minimum absolute atomic E-state index is 0.182. The maximum absolute atomic E-state index is 4.80. The van der Waals surface area contributed by atoms with Crippen LogP contribution in [0.1, 0.15) is 95.4 Å². The van der Waals surface area contributed by atoms with Crippen LogP contribution in [0.3, 0.4) is 0 Å². The molecule has 2 nitrogen and oxygen atoms in total. The normalized spacial score (nSPS) is 14.1. The lowest BCUT2D eigenvalue weighted by Gasteiger charge is -2.34. The Bertz CT molecular complexity index is 1740. The van der Waals surface area contributed by atoms with Crippen LogP contribution in [0.4, 0.5) is 0 Å². The van der Waals surface area contributed by atoms with Gasteiger partial charge < -0.3 is 10.6 Å². The van der Waals surface area contributed by atoms with Crippen LogP contribution in [0.5, 0.6) is 0 Å². The number of aryl methyl sites for hydroxylation is 2. The van der Waals surface area contributed by atoms with Crippen molar-refractivity contribution in [1.29, 1.82) is 0 Å². The molecule has 2 N–H and O–H groups in total. The molecular weight excluding hydrogens is 677 g/mol. The lowest BCUT2D eigenvalue weighted by molar-refractivity contribution is 0.270. The van der Waals surface area contributed by atoms with E-state index in [1.807, 2.05) is 0 Å². The van der Waals surface area contributed by atoms with Crippen LogP contribution in [-0.2, 0) is 25.7 Å². The molecule has 0 aromatic heterocycles. The Hall–Kier alpha value is -4.56. The molecule has 4 rings (SSSR count). The Labute approximate surface area is 342 Å². The zero-order valence-electron chi connectivity index (χ0n) is 35.5. The van der Waals surface area contributed by atoms with E-state index in [1.54, 1.807) is 0 Å². The predicted octanol–water partition coefficient (Wildman–Crippen LogP) is 13.5. The van der Waals surface area contributed by atoms with E-state index in [0.29, 0.717) is 29.6 Å². The molecular formula is C54H72N2. The van der Waals surface area contributed by atoms with E-state index < -0.39 is 0 Å². The number of hydrogen-bond donors (Lipinski definition) is 2. The molecule has 4 aromatic carbocycles. The number of hydrogen-bond acceptors (Lipinski definition) is 2. The molecule has 0 heterocycles. The number of nitrogens with one attached hydrogen (secondary N) is 2. The van der Waals surface area contributed by atoms with Crippen molar-refractivity contribution in [2.45, 2.75) is 111 Å². The monoisotopic (exact) mass is 749 g/mol. The first-order chi connectivity index (χ1) is 27.0. The summed E-state index contributed by atoms with van der Waals surface area (Å²) in [5.74, 6) is 2.37. The largest absolute Gasteiger partial charge is 0.382 e. The second kappa shape index (κ2) is 23.5. The maximum atomic E-state index is 4.80. The summed E-state index contributed by atoms with van der Waals surface area (Å²) < 4.78 is 0. The summed E-state index contributed by atoms with van der Waals surface area (Å²) >= 11 is 0. The zero-order chi connectivity index (χ0) is 40.3. The van der Waals surface area contributed by atoms with Gasteiger partial charge in [-0.25, -0.2) is 0 Å². The highest BCUT2D eigenvalue weighted by Gasteiger charge is 2.28. The van der Waals surface area contributed by atoms with E-state index in [4.69, 9.17) is 13.2 Å². The van der Waals surface area contributed by atoms with Crippen molar-refractivity contribution in [2.24, 2.45) is 29.6 Å². The summed E-state index contributed by atoms with van der Waals surface area (Å²) in [6, 6.07) is 44.0. The second-order valence-corrected chi connectivity index (χ2v) is 17.3. The molecule has 0 radical (unpaired) electrons. The summed E-state index contributed by atoms with van der Waals surface area (Å²) in [7, 11) is 0. The zero-order valence-corrected chi connectivity index (χ0v) is 35.5. The average Bonchev–Trinajstić information content (AvgIpc) is 3.19. The van der Waals surface area contributed by atoms with Crippen molar-refractivity contribution < 1.29 is 0 Å². The van der Waals surface area contributed by atoms with E-state index in [9.17, 15) is 0 Å². The predicted molar refractivity (Wildman–Crippen MR) is 245 cm³/mol. The molecule has 0 aliphatic rings. The highest BCUT2D eigenvalue weighted by Crippen LogP contribution is 2.35. The molecule has 56 heavy (non-hydrogen) atoms. The van der Waals surface area contributed by atoms with Gasteiger partial charge in [-0.3, -0.25) is 0 Å². The molecule has 4 aromatic rings. The molecule has 298 valence electrons. The Morgan fingerprint density at radius 3 is 1.41 bits per heavy atom. The summed E-state index contributed by atoms with van der Waals surface area (Å²) in [6.07, 6.45) is 10.1. The van der Waals surface area contributed by atoms with Crippen LogP contribution in [0.2, 0.25) is 0 Å². The van der Waals surface area contributed by atoms with Crippen LogP contribution in [0.25, 0.3) is 0 Å². The fraction of sp³-hybridized carbons (Fsp3) is 0.407. The lowest BCUT2D eigenvalue weighted by Crippen LogP contribution is -2.36. The SMILES string of the molecule is C=C(CCc1ccccc1)NC(CC(C)C)C(=C)CC(Cc1ccccc1)CC(C)C(CC(=C)C(NC(=C)CCc1ccccc1)C(C)C)Cc1ccccc1. The Kier molecular flexibility index (Phi) is 18.5. The van der Waals surface area contributed by atoms with Crippen LogP contribution in [0, 0.1) is 29.6 Å². The van der Waals surface area contributed by atoms with E-state index in [1.165, 1.54) is 33.4 Å². The maximum Gasteiger partial charge on any atom is 0.0490 e. The van der Waals surface area contributed by atoms with Gasteiger partial charge in [0.25, 0.3) is 0 Å². The fourth-order valence-corrected chi connectivity index (χ4v) is 8.30. The number of benzene rings is 4. The topological polar surface area (TPSA) is 24.1 Å². The van der Waals surface area contributed by atoms with E-state index in [2.05, 4.69) is 180 Å². The van der Waals surface area contributed by atoms with E-state index in [-0.39, 0.29) is 12.1 Å². The number of allylic oxidation sites excluding steroid dienone is 2. The van der Waals surface area contributed by atoms with Gasteiger partial charge in [0.2, 0.25) is 0 Å².